The molecule has 2 heterocycles. The van der Waals surface area contributed by atoms with Crippen LogP contribution in [-0.4, -0.2) is 32.8 Å². The molecule has 3 rings (SSSR count). The van der Waals surface area contributed by atoms with Crippen molar-refractivity contribution in [2.75, 3.05) is 0 Å². The fourth-order valence-electron chi connectivity index (χ4n) is 2.43. The zero-order valence-electron chi connectivity index (χ0n) is 11.1. The Morgan fingerprint density at radius 1 is 1.52 bits per heavy atom. The van der Waals surface area contributed by atoms with Gasteiger partial charge >= 0.3 is 0 Å². The minimum absolute atomic E-state index is 0.0972. The maximum atomic E-state index is 13.3. The number of imidazole rings is 1. The van der Waals surface area contributed by atoms with E-state index in [1.165, 1.54) is 17.7 Å². The van der Waals surface area contributed by atoms with Crippen LogP contribution in [0.1, 0.15) is 36.2 Å². The monoisotopic (exact) mass is 312 g/mol. The van der Waals surface area contributed by atoms with E-state index >= 15 is 0 Å². The van der Waals surface area contributed by atoms with Crippen LogP contribution in [-0.2, 0) is 0 Å². The van der Waals surface area contributed by atoms with E-state index in [2.05, 4.69) is 20.3 Å². The number of rotatable bonds is 3. The molecule has 1 aliphatic rings. The predicted molar refractivity (Wildman–Crippen MR) is 74.4 cm³/mol. The van der Waals surface area contributed by atoms with Gasteiger partial charge in [-0.1, -0.05) is 0 Å². The Balaban J connectivity index is 1.66. The lowest BCUT2D eigenvalue weighted by molar-refractivity contribution is -0.0429. The van der Waals surface area contributed by atoms with Crippen LogP contribution in [0.2, 0.25) is 0 Å². The third kappa shape index (κ3) is 3.26. The average molecular weight is 312 g/mol. The van der Waals surface area contributed by atoms with E-state index in [4.69, 9.17) is 0 Å². The zero-order valence-corrected chi connectivity index (χ0v) is 11.9. The first-order chi connectivity index (χ1) is 10.0. The number of carbonyl (C=O) groups excluding carboxylic acids is 1. The minimum Gasteiger partial charge on any atom is -0.348 e. The van der Waals surface area contributed by atoms with E-state index in [9.17, 15) is 13.6 Å². The van der Waals surface area contributed by atoms with Crippen LogP contribution in [0.15, 0.2) is 17.9 Å². The lowest BCUT2D eigenvalue weighted by Gasteiger charge is -2.29. The average Bonchev–Trinajstić information content (AvgIpc) is 3.09. The molecular weight excluding hydrogens is 298 g/mol. The molecule has 1 saturated carbocycles. The van der Waals surface area contributed by atoms with Crippen molar-refractivity contribution in [1.29, 1.82) is 0 Å². The molecule has 2 aromatic rings. The predicted octanol–water partition coefficient (Wildman–Crippen LogP) is 2.84. The van der Waals surface area contributed by atoms with Gasteiger partial charge in [0.1, 0.15) is 10.7 Å². The molecule has 112 valence electrons. The number of nitrogens with one attached hydrogen (secondary N) is 2. The Morgan fingerprint density at radius 3 is 3.10 bits per heavy atom. The molecule has 2 aromatic heterocycles. The largest absolute Gasteiger partial charge is 0.348 e. The summed E-state index contributed by atoms with van der Waals surface area (Å²) in [5, 5.41) is 4.91. The molecule has 0 aliphatic heterocycles. The number of alkyl halides is 2. The van der Waals surface area contributed by atoms with Gasteiger partial charge in [0.05, 0.1) is 18.2 Å². The Kier molecular flexibility index (Phi) is 3.71. The number of aromatic nitrogens is 3. The van der Waals surface area contributed by atoms with Gasteiger partial charge in [-0.25, -0.2) is 18.7 Å². The lowest BCUT2D eigenvalue weighted by atomic mass is 9.92. The van der Waals surface area contributed by atoms with Crippen LogP contribution in [0.3, 0.4) is 0 Å². The van der Waals surface area contributed by atoms with Crippen LogP contribution in [0.5, 0.6) is 0 Å². The summed E-state index contributed by atoms with van der Waals surface area (Å²) in [7, 11) is 0. The van der Waals surface area contributed by atoms with Gasteiger partial charge in [0, 0.05) is 24.3 Å². The number of thiazole rings is 1. The number of nitrogens with zero attached hydrogens (tertiary/aromatic N) is 2. The van der Waals surface area contributed by atoms with Gasteiger partial charge < -0.3 is 10.3 Å². The zero-order chi connectivity index (χ0) is 14.9. The number of hydrogen-bond acceptors (Lipinski definition) is 4. The summed E-state index contributed by atoms with van der Waals surface area (Å²) in [6, 6.07) is -0.487. The van der Waals surface area contributed by atoms with Crippen LogP contribution in [0.25, 0.3) is 10.7 Å². The molecule has 1 aliphatic carbocycles. The number of hydrogen-bond donors (Lipinski definition) is 2. The summed E-state index contributed by atoms with van der Waals surface area (Å²) in [5.74, 6) is -3.08. The quantitative estimate of drug-likeness (QED) is 0.915. The Morgan fingerprint density at radius 2 is 2.38 bits per heavy atom. The minimum atomic E-state index is -2.68. The SMILES string of the molecule is O=C(NC1CCCC(F)(F)C1)c1csc(-c2cnc[nH]2)n1. The van der Waals surface area contributed by atoms with Gasteiger partial charge in [0.25, 0.3) is 5.91 Å². The number of halogens is 2. The molecule has 1 fully saturated rings. The second kappa shape index (κ2) is 5.51. The molecule has 8 heteroatoms. The van der Waals surface area contributed by atoms with Crippen LogP contribution < -0.4 is 5.32 Å². The number of carbonyl (C=O) groups is 1. The molecular formula is C13H14F2N4OS. The fourth-order valence-corrected chi connectivity index (χ4v) is 3.20. The van der Waals surface area contributed by atoms with Crippen molar-refractivity contribution in [3.05, 3.63) is 23.6 Å². The molecule has 1 amide bonds. The van der Waals surface area contributed by atoms with Gasteiger partial charge in [0.15, 0.2) is 0 Å². The van der Waals surface area contributed by atoms with Gasteiger partial charge in [-0.3, -0.25) is 4.79 Å². The van der Waals surface area contributed by atoms with Crippen LogP contribution in [0, 0.1) is 0 Å². The third-order valence-electron chi connectivity index (χ3n) is 3.44. The number of aromatic amines is 1. The summed E-state index contributed by atoms with van der Waals surface area (Å²) >= 11 is 1.31. The Bertz CT molecular complexity index is 626. The Labute approximate surface area is 123 Å². The van der Waals surface area contributed by atoms with Crippen molar-refractivity contribution < 1.29 is 13.6 Å². The van der Waals surface area contributed by atoms with Crippen molar-refractivity contribution in [2.24, 2.45) is 0 Å². The fraction of sp³-hybridized carbons (Fsp3) is 0.462. The van der Waals surface area contributed by atoms with Crippen molar-refractivity contribution in [2.45, 2.75) is 37.6 Å². The van der Waals surface area contributed by atoms with Gasteiger partial charge in [-0.15, -0.1) is 11.3 Å². The number of amides is 1. The van der Waals surface area contributed by atoms with E-state index in [0.29, 0.717) is 17.8 Å². The van der Waals surface area contributed by atoms with Crippen molar-refractivity contribution in [1.82, 2.24) is 20.3 Å². The van der Waals surface area contributed by atoms with Crippen LogP contribution in [0.4, 0.5) is 8.78 Å². The molecule has 0 aromatic carbocycles. The highest BCUT2D eigenvalue weighted by Gasteiger charge is 2.37. The standard InChI is InChI=1S/C13H14F2N4OS/c14-13(15)3-1-2-8(4-13)18-11(20)10-6-21-12(19-10)9-5-16-7-17-9/h5-8H,1-4H2,(H,16,17)(H,18,20). The highest BCUT2D eigenvalue weighted by molar-refractivity contribution is 7.13. The van der Waals surface area contributed by atoms with Crippen molar-refractivity contribution >= 4 is 17.2 Å². The van der Waals surface area contributed by atoms with E-state index in [-0.39, 0.29) is 18.5 Å². The summed E-state index contributed by atoms with van der Waals surface area (Å²) in [5.41, 5.74) is 0.974. The first-order valence-electron chi connectivity index (χ1n) is 6.66. The van der Waals surface area contributed by atoms with E-state index in [1.54, 1.807) is 11.6 Å². The summed E-state index contributed by atoms with van der Waals surface area (Å²) in [6.07, 6.45) is 3.76. The summed E-state index contributed by atoms with van der Waals surface area (Å²) in [6.45, 7) is 0. The third-order valence-corrected chi connectivity index (χ3v) is 4.32. The maximum absolute atomic E-state index is 13.3. The van der Waals surface area contributed by atoms with Gasteiger partial charge in [0.2, 0.25) is 5.92 Å². The van der Waals surface area contributed by atoms with Crippen LogP contribution >= 0.6 is 11.3 Å². The molecule has 2 N–H and O–H groups in total. The second-order valence-corrected chi connectivity index (χ2v) is 5.98. The summed E-state index contributed by atoms with van der Waals surface area (Å²) in [4.78, 5) is 23.1. The first kappa shape index (κ1) is 14.1. The maximum Gasteiger partial charge on any atom is 0.270 e. The lowest BCUT2D eigenvalue weighted by Crippen LogP contribution is -2.42. The normalized spacial score (nSPS) is 21.1. The summed E-state index contributed by atoms with van der Waals surface area (Å²) < 4.78 is 26.6. The molecule has 1 atom stereocenters. The molecule has 5 nitrogen and oxygen atoms in total. The van der Waals surface area contributed by atoms with E-state index in [1.807, 2.05) is 0 Å². The molecule has 0 saturated heterocycles. The second-order valence-electron chi connectivity index (χ2n) is 5.13. The topological polar surface area (TPSA) is 70.7 Å². The van der Waals surface area contributed by atoms with Gasteiger partial charge in [-0.05, 0) is 12.8 Å². The molecule has 0 radical (unpaired) electrons. The molecule has 1 unspecified atom stereocenters. The first-order valence-corrected chi connectivity index (χ1v) is 7.54. The van der Waals surface area contributed by atoms with Gasteiger partial charge in [-0.2, -0.15) is 0 Å². The Hall–Kier alpha value is -1.83. The highest BCUT2D eigenvalue weighted by Crippen LogP contribution is 2.33. The molecule has 0 spiro atoms. The molecule has 0 bridgehead atoms. The molecule has 21 heavy (non-hydrogen) atoms. The van der Waals surface area contributed by atoms with Crippen molar-refractivity contribution in [3.8, 4) is 10.7 Å². The van der Waals surface area contributed by atoms with E-state index < -0.39 is 17.9 Å². The number of H-pyrrole nitrogens is 1. The smallest absolute Gasteiger partial charge is 0.270 e. The highest BCUT2D eigenvalue weighted by atomic mass is 32.1. The van der Waals surface area contributed by atoms with Crippen molar-refractivity contribution in [3.63, 3.8) is 0 Å². The van der Waals surface area contributed by atoms with E-state index in [0.717, 1.165) is 5.69 Å².